The first-order chi connectivity index (χ1) is 7.79. The Morgan fingerprint density at radius 2 is 2.25 bits per heavy atom. The number of aliphatic hydroxyl groups is 1. The van der Waals surface area contributed by atoms with Crippen molar-refractivity contribution in [2.75, 3.05) is 19.7 Å². The Hall–Kier alpha value is -1.06. The van der Waals surface area contributed by atoms with E-state index in [0.29, 0.717) is 6.61 Å². The lowest BCUT2D eigenvalue weighted by atomic mass is 10.2. The van der Waals surface area contributed by atoms with Crippen molar-refractivity contribution in [1.82, 2.24) is 4.90 Å². The number of aliphatic hydroxyl groups excluding tert-OH is 1. The molecule has 0 amide bonds. The van der Waals surface area contributed by atoms with Crippen LogP contribution < -0.4 is 4.74 Å². The SMILES string of the molecule is CCOc1ccccc1CN1CC[C@H](O)C1. The molecule has 1 aliphatic rings. The van der Waals surface area contributed by atoms with Crippen LogP contribution in [0, 0.1) is 0 Å². The maximum Gasteiger partial charge on any atom is 0.123 e. The van der Waals surface area contributed by atoms with Crippen molar-refractivity contribution < 1.29 is 9.84 Å². The monoisotopic (exact) mass is 221 g/mol. The lowest BCUT2D eigenvalue weighted by Gasteiger charge is -2.17. The molecule has 0 aromatic heterocycles. The van der Waals surface area contributed by atoms with Crippen LogP contribution in [0.5, 0.6) is 5.75 Å². The first kappa shape index (κ1) is 11.4. The summed E-state index contributed by atoms with van der Waals surface area (Å²) < 4.78 is 5.58. The van der Waals surface area contributed by atoms with Crippen molar-refractivity contribution in [3.8, 4) is 5.75 Å². The summed E-state index contributed by atoms with van der Waals surface area (Å²) in [7, 11) is 0. The number of hydrogen-bond acceptors (Lipinski definition) is 3. The van der Waals surface area contributed by atoms with Gasteiger partial charge in [0.15, 0.2) is 0 Å². The minimum Gasteiger partial charge on any atom is -0.494 e. The van der Waals surface area contributed by atoms with E-state index in [2.05, 4.69) is 11.0 Å². The third kappa shape index (κ3) is 2.74. The first-order valence-electron chi connectivity index (χ1n) is 5.90. The molecule has 0 bridgehead atoms. The summed E-state index contributed by atoms with van der Waals surface area (Å²) >= 11 is 0. The number of hydrogen-bond donors (Lipinski definition) is 1. The summed E-state index contributed by atoms with van der Waals surface area (Å²) in [6.07, 6.45) is 0.732. The lowest BCUT2D eigenvalue weighted by Crippen LogP contribution is -2.21. The fraction of sp³-hybridized carbons (Fsp3) is 0.538. The topological polar surface area (TPSA) is 32.7 Å². The van der Waals surface area contributed by atoms with Gasteiger partial charge in [-0.15, -0.1) is 0 Å². The molecule has 1 N–H and O–H groups in total. The van der Waals surface area contributed by atoms with E-state index < -0.39 is 0 Å². The van der Waals surface area contributed by atoms with E-state index in [1.807, 2.05) is 25.1 Å². The number of β-amino-alcohol motifs (C(OH)–C–C–N with tert-alkyl or cyclic N) is 1. The molecule has 1 fully saturated rings. The van der Waals surface area contributed by atoms with Crippen molar-refractivity contribution >= 4 is 0 Å². The van der Waals surface area contributed by atoms with Crippen LogP contribution in [0.2, 0.25) is 0 Å². The molecule has 16 heavy (non-hydrogen) atoms. The van der Waals surface area contributed by atoms with Gasteiger partial charge in [0.25, 0.3) is 0 Å². The molecule has 0 aliphatic carbocycles. The van der Waals surface area contributed by atoms with Gasteiger partial charge in [0.2, 0.25) is 0 Å². The largest absolute Gasteiger partial charge is 0.494 e. The molecule has 1 saturated heterocycles. The Bertz CT molecular complexity index is 340. The van der Waals surface area contributed by atoms with Crippen LogP contribution in [-0.2, 0) is 6.54 Å². The van der Waals surface area contributed by atoms with Gasteiger partial charge in [-0.1, -0.05) is 18.2 Å². The molecule has 0 unspecified atom stereocenters. The minimum absolute atomic E-state index is 0.153. The molecule has 1 aromatic carbocycles. The number of nitrogens with zero attached hydrogens (tertiary/aromatic N) is 1. The smallest absolute Gasteiger partial charge is 0.123 e. The molecule has 2 rings (SSSR count). The maximum atomic E-state index is 9.48. The van der Waals surface area contributed by atoms with Gasteiger partial charge in [-0.2, -0.15) is 0 Å². The molecule has 3 nitrogen and oxygen atoms in total. The third-order valence-electron chi connectivity index (χ3n) is 2.91. The average Bonchev–Trinajstić information content (AvgIpc) is 2.67. The van der Waals surface area contributed by atoms with E-state index in [1.54, 1.807) is 0 Å². The van der Waals surface area contributed by atoms with Crippen molar-refractivity contribution in [1.29, 1.82) is 0 Å². The molecular weight excluding hydrogens is 202 g/mol. The fourth-order valence-corrected chi connectivity index (χ4v) is 2.13. The predicted molar refractivity (Wildman–Crippen MR) is 63.5 cm³/mol. The Morgan fingerprint density at radius 1 is 1.44 bits per heavy atom. The molecule has 1 aromatic rings. The zero-order valence-electron chi connectivity index (χ0n) is 9.72. The van der Waals surface area contributed by atoms with Crippen molar-refractivity contribution in [3.63, 3.8) is 0 Å². The Morgan fingerprint density at radius 3 is 2.94 bits per heavy atom. The number of benzene rings is 1. The zero-order valence-corrected chi connectivity index (χ0v) is 9.72. The molecular formula is C13H19NO2. The van der Waals surface area contributed by atoms with E-state index in [4.69, 9.17) is 4.74 Å². The van der Waals surface area contributed by atoms with Gasteiger partial charge in [0.05, 0.1) is 12.7 Å². The Labute approximate surface area is 96.6 Å². The van der Waals surface area contributed by atoms with E-state index in [-0.39, 0.29) is 6.10 Å². The van der Waals surface area contributed by atoms with E-state index in [9.17, 15) is 5.11 Å². The van der Waals surface area contributed by atoms with Gasteiger partial charge >= 0.3 is 0 Å². The van der Waals surface area contributed by atoms with Crippen LogP contribution in [-0.4, -0.2) is 35.8 Å². The standard InChI is InChI=1S/C13H19NO2/c1-2-16-13-6-4-3-5-11(13)9-14-8-7-12(15)10-14/h3-6,12,15H,2,7-10H2,1H3/t12-/m0/s1. The van der Waals surface area contributed by atoms with Gasteiger partial charge < -0.3 is 9.84 Å². The van der Waals surface area contributed by atoms with Gasteiger partial charge in [0.1, 0.15) is 5.75 Å². The van der Waals surface area contributed by atoms with Gasteiger partial charge in [-0.25, -0.2) is 0 Å². The summed E-state index contributed by atoms with van der Waals surface area (Å²) in [6, 6.07) is 8.12. The number of likely N-dealkylation sites (tertiary alicyclic amines) is 1. The fourth-order valence-electron chi connectivity index (χ4n) is 2.13. The predicted octanol–water partition coefficient (Wildman–Crippen LogP) is 1.65. The van der Waals surface area contributed by atoms with Gasteiger partial charge in [0, 0.05) is 25.2 Å². The molecule has 1 aliphatic heterocycles. The van der Waals surface area contributed by atoms with Crippen LogP contribution in [0.3, 0.4) is 0 Å². The van der Waals surface area contributed by atoms with Gasteiger partial charge in [-0.3, -0.25) is 4.90 Å². The average molecular weight is 221 g/mol. The molecule has 88 valence electrons. The first-order valence-corrected chi connectivity index (χ1v) is 5.90. The van der Waals surface area contributed by atoms with Crippen LogP contribution in [0.1, 0.15) is 18.9 Å². The highest BCUT2D eigenvalue weighted by molar-refractivity contribution is 5.33. The summed E-state index contributed by atoms with van der Waals surface area (Å²) in [6.45, 7) is 5.31. The second-order valence-corrected chi connectivity index (χ2v) is 4.22. The number of rotatable bonds is 4. The van der Waals surface area contributed by atoms with Crippen molar-refractivity contribution in [2.45, 2.75) is 26.0 Å². The molecule has 1 atom stereocenters. The van der Waals surface area contributed by atoms with E-state index >= 15 is 0 Å². The summed E-state index contributed by atoms with van der Waals surface area (Å²) in [5, 5.41) is 9.48. The second-order valence-electron chi connectivity index (χ2n) is 4.22. The second kappa shape index (κ2) is 5.32. The normalized spacial score (nSPS) is 21.2. The summed E-state index contributed by atoms with van der Waals surface area (Å²) in [5.41, 5.74) is 1.21. The van der Waals surface area contributed by atoms with Crippen molar-refractivity contribution in [3.05, 3.63) is 29.8 Å². The molecule has 1 heterocycles. The molecule has 0 spiro atoms. The summed E-state index contributed by atoms with van der Waals surface area (Å²) in [5.74, 6) is 0.964. The van der Waals surface area contributed by atoms with Crippen LogP contribution in [0.15, 0.2) is 24.3 Å². The minimum atomic E-state index is -0.153. The lowest BCUT2D eigenvalue weighted by molar-refractivity contribution is 0.174. The van der Waals surface area contributed by atoms with E-state index in [1.165, 1.54) is 5.56 Å². The highest BCUT2D eigenvalue weighted by Gasteiger charge is 2.20. The van der Waals surface area contributed by atoms with Crippen LogP contribution in [0.4, 0.5) is 0 Å². The highest BCUT2D eigenvalue weighted by atomic mass is 16.5. The number of ether oxygens (including phenoxy) is 1. The van der Waals surface area contributed by atoms with Crippen molar-refractivity contribution in [2.24, 2.45) is 0 Å². The molecule has 3 heteroatoms. The molecule has 0 radical (unpaired) electrons. The maximum absolute atomic E-state index is 9.48. The number of para-hydroxylation sites is 1. The third-order valence-corrected chi connectivity index (χ3v) is 2.91. The summed E-state index contributed by atoms with van der Waals surface area (Å²) in [4.78, 5) is 2.27. The quantitative estimate of drug-likeness (QED) is 0.839. The van der Waals surface area contributed by atoms with Crippen LogP contribution in [0.25, 0.3) is 0 Å². The van der Waals surface area contributed by atoms with E-state index in [0.717, 1.165) is 31.8 Å². The zero-order chi connectivity index (χ0) is 11.4. The van der Waals surface area contributed by atoms with Gasteiger partial charge in [-0.05, 0) is 19.4 Å². The highest BCUT2D eigenvalue weighted by Crippen LogP contribution is 2.21. The Kier molecular flexibility index (Phi) is 3.80. The van der Waals surface area contributed by atoms with Crippen LogP contribution >= 0.6 is 0 Å². The Balaban J connectivity index is 2.02. The molecule has 0 saturated carbocycles.